The zero-order valence-corrected chi connectivity index (χ0v) is 16.9. The molecule has 2 unspecified atom stereocenters. The zero-order chi connectivity index (χ0) is 19.6. The number of halogens is 2. The molecule has 144 valence electrons. The van der Waals surface area contributed by atoms with Gasteiger partial charge in [0.15, 0.2) is 6.10 Å². The van der Waals surface area contributed by atoms with E-state index in [1.165, 1.54) is 0 Å². The van der Waals surface area contributed by atoms with E-state index >= 15 is 0 Å². The van der Waals surface area contributed by atoms with Gasteiger partial charge in [-0.25, -0.2) is 0 Å². The minimum atomic E-state index is -0.788. The molecule has 1 aliphatic rings. The third-order valence-electron chi connectivity index (χ3n) is 4.15. The quantitative estimate of drug-likeness (QED) is 0.718. The van der Waals surface area contributed by atoms with Gasteiger partial charge in [-0.05, 0) is 39.0 Å². The summed E-state index contributed by atoms with van der Waals surface area (Å²) in [6, 6.07) is 8.73. The molecule has 2 aromatic rings. The number of ether oxygens (including phenoxy) is 3. The first kappa shape index (κ1) is 19.6. The second-order valence-electron chi connectivity index (χ2n) is 6.32. The summed E-state index contributed by atoms with van der Waals surface area (Å²) in [5, 5.41) is 3.49. The van der Waals surface area contributed by atoms with Gasteiger partial charge < -0.3 is 19.5 Å². The predicted octanol–water partition coefficient (Wildman–Crippen LogP) is 5.12. The molecule has 1 aliphatic heterocycles. The van der Waals surface area contributed by atoms with Crippen LogP contribution in [-0.2, 0) is 11.2 Å². The Balaban J connectivity index is 1.77. The van der Waals surface area contributed by atoms with Crippen LogP contribution in [0.25, 0.3) is 0 Å². The summed E-state index contributed by atoms with van der Waals surface area (Å²) in [7, 11) is 0. The van der Waals surface area contributed by atoms with Crippen molar-refractivity contribution in [1.82, 2.24) is 0 Å². The van der Waals surface area contributed by atoms with Gasteiger partial charge in [-0.2, -0.15) is 0 Å². The molecule has 0 spiro atoms. The smallest absolute Gasteiger partial charge is 0.265 e. The van der Waals surface area contributed by atoms with E-state index in [1.807, 2.05) is 19.9 Å². The number of fused-ring (bicyclic) bond motifs is 1. The molecule has 1 N–H and O–H groups in total. The minimum Gasteiger partial charge on any atom is -0.492 e. The van der Waals surface area contributed by atoms with Gasteiger partial charge >= 0.3 is 0 Å². The Labute approximate surface area is 168 Å². The Morgan fingerprint density at radius 2 is 2.11 bits per heavy atom. The molecule has 0 saturated carbocycles. The third-order valence-corrected chi connectivity index (χ3v) is 4.95. The molecule has 2 aromatic carbocycles. The SMILES string of the molecule is CCOc1cc2c(cc1NC(=O)C(C)Oc1cccc(Cl)c1Cl)OC(C)C2. The minimum absolute atomic E-state index is 0.104. The maximum absolute atomic E-state index is 12.6. The lowest BCUT2D eigenvalue weighted by atomic mass is 10.1. The van der Waals surface area contributed by atoms with Gasteiger partial charge in [0, 0.05) is 18.1 Å². The molecule has 27 heavy (non-hydrogen) atoms. The van der Waals surface area contributed by atoms with Crippen LogP contribution < -0.4 is 19.5 Å². The van der Waals surface area contributed by atoms with Gasteiger partial charge in [-0.15, -0.1) is 0 Å². The molecule has 5 nitrogen and oxygen atoms in total. The highest BCUT2D eigenvalue weighted by Crippen LogP contribution is 2.38. The number of carbonyl (C=O) groups is 1. The molecule has 0 aliphatic carbocycles. The van der Waals surface area contributed by atoms with Gasteiger partial charge in [-0.1, -0.05) is 29.3 Å². The number of hydrogen-bond donors (Lipinski definition) is 1. The van der Waals surface area contributed by atoms with Crippen molar-refractivity contribution in [1.29, 1.82) is 0 Å². The summed E-state index contributed by atoms with van der Waals surface area (Å²) in [5.74, 6) is 1.38. The van der Waals surface area contributed by atoms with Gasteiger partial charge in [0.25, 0.3) is 5.91 Å². The van der Waals surface area contributed by atoms with Crippen LogP contribution in [0, 0.1) is 0 Å². The largest absolute Gasteiger partial charge is 0.492 e. The normalized spacial score (nSPS) is 16.3. The van der Waals surface area contributed by atoms with Gasteiger partial charge in [0.05, 0.1) is 17.3 Å². The molecule has 1 heterocycles. The van der Waals surface area contributed by atoms with E-state index in [2.05, 4.69) is 5.32 Å². The number of hydrogen-bond acceptors (Lipinski definition) is 4. The fourth-order valence-electron chi connectivity index (χ4n) is 2.87. The first-order chi connectivity index (χ1) is 12.9. The summed E-state index contributed by atoms with van der Waals surface area (Å²) in [5.41, 5.74) is 1.61. The standard InChI is InChI=1S/C20H21Cl2NO4/c1-4-25-18-9-13-8-11(2)26-17(13)10-15(18)23-20(24)12(3)27-16-7-5-6-14(21)19(16)22/h5-7,9-12H,4,8H2,1-3H3,(H,23,24). The molecule has 1 amide bonds. The van der Waals surface area contributed by atoms with Crippen molar-refractivity contribution >= 4 is 34.8 Å². The van der Waals surface area contributed by atoms with E-state index in [4.69, 9.17) is 37.4 Å². The molecule has 0 fully saturated rings. The average molecular weight is 410 g/mol. The molecule has 2 atom stereocenters. The summed E-state index contributed by atoms with van der Waals surface area (Å²) < 4.78 is 17.1. The number of nitrogens with one attached hydrogen (secondary N) is 1. The van der Waals surface area contributed by atoms with Crippen molar-refractivity contribution in [3.63, 3.8) is 0 Å². The average Bonchev–Trinajstić information content (AvgIpc) is 2.98. The van der Waals surface area contributed by atoms with Gasteiger partial charge in [0.1, 0.15) is 28.4 Å². The van der Waals surface area contributed by atoms with Crippen LogP contribution in [0.2, 0.25) is 10.0 Å². The molecular weight excluding hydrogens is 389 g/mol. The summed E-state index contributed by atoms with van der Waals surface area (Å²) >= 11 is 12.1. The summed E-state index contributed by atoms with van der Waals surface area (Å²) in [6.07, 6.45) is 0.132. The molecule has 7 heteroatoms. The Bertz CT molecular complexity index is 856. The van der Waals surface area contributed by atoms with E-state index in [0.29, 0.717) is 28.8 Å². The Hall–Kier alpha value is -2.11. The number of carbonyl (C=O) groups excluding carboxylic acids is 1. The Morgan fingerprint density at radius 1 is 1.33 bits per heavy atom. The van der Waals surface area contributed by atoms with Crippen LogP contribution in [-0.4, -0.2) is 24.7 Å². The highest BCUT2D eigenvalue weighted by molar-refractivity contribution is 6.42. The third kappa shape index (κ3) is 4.42. The van der Waals surface area contributed by atoms with Crippen molar-refractivity contribution < 1.29 is 19.0 Å². The lowest BCUT2D eigenvalue weighted by Crippen LogP contribution is -2.30. The molecular formula is C20H21Cl2NO4. The van der Waals surface area contributed by atoms with Crippen LogP contribution in [0.3, 0.4) is 0 Å². The van der Waals surface area contributed by atoms with Crippen LogP contribution in [0.1, 0.15) is 26.3 Å². The maximum Gasteiger partial charge on any atom is 0.265 e. The van der Waals surface area contributed by atoms with E-state index < -0.39 is 6.10 Å². The van der Waals surface area contributed by atoms with Crippen molar-refractivity contribution in [3.05, 3.63) is 45.9 Å². The Morgan fingerprint density at radius 3 is 2.85 bits per heavy atom. The van der Waals surface area contributed by atoms with Crippen LogP contribution in [0.5, 0.6) is 17.2 Å². The van der Waals surface area contributed by atoms with E-state index in [9.17, 15) is 4.79 Å². The molecule has 0 aromatic heterocycles. The van der Waals surface area contributed by atoms with Crippen molar-refractivity contribution in [2.24, 2.45) is 0 Å². The lowest BCUT2D eigenvalue weighted by molar-refractivity contribution is -0.122. The summed E-state index contributed by atoms with van der Waals surface area (Å²) in [6.45, 7) is 6.02. The van der Waals surface area contributed by atoms with Gasteiger partial charge in [-0.3, -0.25) is 4.79 Å². The second kappa shape index (κ2) is 8.28. The fraction of sp³-hybridized carbons (Fsp3) is 0.350. The zero-order valence-electron chi connectivity index (χ0n) is 15.3. The number of rotatable bonds is 6. The Kier molecular flexibility index (Phi) is 6.02. The first-order valence-corrected chi connectivity index (χ1v) is 9.52. The molecule has 0 radical (unpaired) electrons. The van der Waals surface area contributed by atoms with Crippen molar-refractivity contribution in [2.75, 3.05) is 11.9 Å². The van der Waals surface area contributed by atoms with E-state index in [1.54, 1.807) is 31.2 Å². The highest BCUT2D eigenvalue weighted by atomic mass is 35.5. The van der Waals surface area contributed by atoms with Crippen LogP contribution >= 0.6 is 23.2 Å². The van der Waals surface area contributed by atoms with Crippen molar-refractivity contribution in [2.45, 2.75) is 39.4 Å². The van der Waals surface area contributed by atoms with Gasteiger partial charge in [0.2, 0.25) is 0 Å². The number of anilines is 1. The fourth-order valence-corrected chi connectivity index (χ4v) is 3.20. The van der Waals surface area contributed by atoms with E-state index in [-0.39, 0.29) is 17.0 Å². The van der Waals surface area contributed by atoms with Crippen molar-refractivity contribution in [3.8, 4) is 17.2 Å². The topological polar surface area (TPSA) is 56.8 Å². The van der Waals surface area contributed by atoms with Crippen LogP contribution in [0.4, 0.5) is 5.69 Å². The van der Waals surface area contributed by atoms with Crippen LogP contribution in [0.15, 0.2) is 30.3 Å². The second-order valence-corrected chi connectivity index (χ2v) is 7.11. The van der Waals surface area contributed by atoms with E-state index in [0.717, 1.165) is 17.7 Å². The predicted molar refractivity (Wildman–Crippen MR) is 107 cm³/mol. The number of amides is 1. The first-order valence-electron chi connectivity index (χ1n) is 8.77. The molecule has 0 bridgehead atoms. The maximum atomic E-state index is 12.6. The summed E-state index contributed by atoms with van der Waals surface area (Å²) in [4.78, 5) is 12.6. The molecule has 0 saturated heterocycles. The monoisotopic (exact) mass is 409 g/mol. The highest BCUT2D eigenvalue weighted by Gasteiger charge is 2.24. The lowest BCUT2D eigenvalue weighted by Gasteiger charge is -2.18. The number of benzene rings is 2. The molecule has 3 rings (SSSR count).